The van der Waals surface area contributed by atoms with Gasteiger partial charge in [0.1, 0.15) is 6.10 Å². The van der Waals surface area contributed by atoms with Gasteiger partial charge < -0.3 is 19.8 Å². The smallest absolute Gasteiger partial charge is 0.388 e. The monoisotopic (exact) mass is 539 g/mol. The van der Waals surface area contributed by atoms with Gasteiger partial charge in [-0.1, -0.05) is 25.1 Å². The van der Waals surface area contributed by atoms with Crippen LogP contribution in [-0.4, -0.2) is 75.0 Å². The zero-order valence-electron chi connectivity index (χ0n) is 22.2. The Morgan fingerprint density at radius 3 is 2.67 bits per heavy atom. The Balaban J connectivity index is 1.39. The lowest BCUT2D eigenvalue weighted by atomic mass is 9.56. The second-order valence-corrected chi connectivity index (χ2v) is 12.5. The Bertz CT molecular complexity index is 1480. The third kappa shape index (κ3) is 3.30. The van der Waals surface area contributed by atoms with Gasteiger partial charge in [-0.25, -0.2) is 0 Å². The number of allylic oxidation sites excluding steroid dienone is 3. The van der Waals surface area contributed by atoms with Gasteiger partial charge in [-0.15, -0.1) is 0 Å². The van der Waals surface area contributed by atoms with E-state index in [0.29, 0.717) is 31.3 Å². The van der Waals surface area contributed by atoms with Crippen LogP contribution >= 0.6 is 0 Å². The van der Waals surface area contributed by atoms with Crippen LogP contribution in [0.25, 0.3) is 16.5 Å². The summed E-state index contributed by atoms with van der Waals surface area (Å²) in [5.41, 5.74) is -0.301. The molecular formula is C30H32F3N3O3. The summed E-state index contributed by atoms with van der Waals surface area (Å²) in [6, 6.07) is 7.28. The normalized spacial score (nSPS) is 39.4. The van der Waals surface area contributed by atoms with Crippen molar-refractivity contribution in [3.8, 4) is 0 Å². The first-order valence-electron chi connectivity index (χ1n) is 13.6. The molecule has 2 fully saturated rings. The maximum atomic E-state index is 14.9. The van der Waals surface area contributed by atoms with Gasteiger partial charge in [0.25, 0.3) is 0 Å². The molecule has 39 heavy (non-hydrogen) atoms. The fraction of sp³-hybridized carbons (Fsp3) is 0.533. The van der Waals surface area contributed by atoms with Crippen LogP contribution in [0.4, 0.5) is 13.2 Å². The highest BCUT2D eigenvalue weighted by Gasteiger charge is 2.69. The van der Waals surface area contributed by atoms with E-state index in [9.17, 15) is 23.4 Å². The average Bonchev–Trinajstić information content (AvgIpc) is 3.40. The van der Waals surface area contributed by atoms with Crippen molar-refractivity contribution in [2.75, 3.05) is 14.1 Å². The molecule has 1 saturated carbocycles. The highest BCUT2D eigenvalue weighted by molar-refractivity contribution is 5.85. The summed E-state index contributed by atoms with van der Waals surface area (Å²) in [5.74, 6) is -0.189. The van der Waals surface area contributed by atoms with E-state index in [2.05, 4.69) is 16.3 Å². The zero-order valence-corrected chi connectivity index (χ0v) is 22.2. The number of nitrogens with zero attached hydrogens (tertiary/aromatic N) is 3. The fourth-order valence-corrected chi connectivity index (χ4v) is 8.53. The molecule has 206 valence electrons. The molecule has 0 amide bonds. The molecule has 7 rings (SSSR count). The van der Waals surface area contributed by atoms with Crippen molar-refractivity contribution in [3.05, 3.63) is 64.9 Å². The molecule has 2 aromatic rings. The standard InChI is InChI=1S/C30H32F3N3O3/c1-27-14-21(30(31,32)33)19-13-20-25(37)26(38)23(36(2)3)15-28(20)9-10-29(19,39-28)24(27)7-5-18(27)16-4-6-22-17(12-16)8-11-34-35-22/h4-6,8,11-13,23-26,37-38H,7,9-10,14-15H2,1-3H3. The van der Waals surface area contributed by atoms with Crippen LogP contribution in [0.5, 0.6) is 0 Å². The molecule has 7 unspecified atom stereocenters. The minimum absolute atomic E-state index is 0.151. The van der Waals surface area contributed by atoms with Crippen LogP contribution in [0.1, 0.15) is 44.6 Å². The predicted molar refractivity (Wildman–Crippen MR) is 139 cm³/mol. The third-order valence-corrected chi connectivity index (χ3v) is 10.3. The van der Waals surface area contributed by atoms with Crippen LogP contribution in [-0.2, 0) is 4.74 Å². The summed E-state index contributed by atoms with van der Waals surface area (Å²) in [6.07, 6.45) is 0.150. The molecule has 1 aromatic heterocycles. The molecule has 2 N–H and O–H groups in total. The minimum atomic E-state index is -4.56. The quantitative estimate of drug-likeness (QED) is 0.582. The Hall–Kier alpha value is -2.59. The third-order valence-electron chi connectivity index (χ3n) is 10.3. The number of rotatable bonds is 2. The van der Waals surface area contributed by atoms with Gasteiger partial charge in [-0.3, -0.25) is 0 Å². The predicted octanol–water partition coefficient (Wildman–Crippen LogP) is 4.59. The number of hydrogen-bond acceptors (Lipinski definition) is 6. The van der Waals surface area contributed by atoms with Crippen LogP contribution < -0.4 is 0 Å². The van der Waals surface area contributed by atoms with Crippen LogP contribution in [0.3, 0.4) is 0 Å². The number of benzene rings is 1. The van der Waals surface area contributed by atoms with Crippen molar-refractivity contribution >= 4 is 16.5 Å². The van der Waals surface area contributed by atoms with Gasteiger partial charge in [0.05, 0.1) is 29.0 Å². The second kappa shape index (κ2) is 8.00. The lowest BCUT2D eigenvalue weighted by Gasteiger charge is -2.57. The Morgan fingerprint density at radius 1 is 1.13 bits per heavy atom. The Kier molecular flexibility index (Phi) is 5.20. The summed E-state index contributed by atoms with van der Waals surface area (Å²) in [6.45, 7) is 1.96. The molecule has 1 aromatic carbocycles. The van der Waals surface area contributed by atoms with Crippen molar-refractivity contribution in [1.29, 1.82) is 0 Å². The number of hydrogen-bond donors (Lipinski definition) is 2. The summed E-state index contributed by atoms with van der Waals surface area (Å²) >= 11 is 0. The number of halogens is 3. The maximum Gasteiger partial charge on any atom is 0.413 e. The molecule has 0 radical (unpaired) electrons. The Morgan fingerprint density at radius 2 is 1.92 bits per heavy atom. The number of aliphatic hydroxyl groups is 2. The van der Waals surface area contributed by atoms with Crippen LogP contribution in [0.2, 0.25) is 0 Å². The summed E-state index contributed by atoms with van der Waals surface area (Å²) < 4.78 is 51.6. The van der Waals surface area contributed by atoms with Crippen molar-refractivity contribution in [3.63, 3.8) is 0 Å². The number of alkyl halides is 3. The second-order valence-electron chi connectivity index (χ2n) is 12.5. The Labute approximate surface area is 224 Å². The largest absolute Gasteiger partial charge is 0.413 e. The van der Waals surface area contributed by atoms with Gasteiger partial charge in [0.2, 0.25) is 0 Å². The van der Waals surface area contributed by atoms with E-state index in [4.69, 9.17) is 4.74 Å². The van der Waals surface area contributed by atoms with E-state index in [1.807, 2.05) is 50.2 Å². The number of likely N-dealkylation sites (N-methyl/N-ethyl adjacent to an activating group) is 1. The molecule has 3 heterocycles. The maximum absolute atomic E-state index is 14.9. The van der Waals surface area contributed by atoms with Gasteiger partial charge >= 0.3 is 6.18 Å². The molecule has 6 nitrogen and oxygen atoms in total. The molecule has 2 bridgehead atoms. The first-order chi connectivity index (χ1) is 18.4. The lowest BCUT2D eigenvalue weighted by Crippen LogP contribution is -2.62. The summed E-state index contributed by atoms with van der Waals surface area (Å²) in [7, 11) is 3.68. The number of fused-ring (bicyclic) bond motifs is 2. The number of aliphatic hydroxyl groups excluding tert-OH is 2. The molecule has 1 saturated heterocycles. The highest BCUT2D eigenvalue weighted by Crippen LogP contribution is 2.70. The van der Waals surface area contributed by atoms with Gasteiger partial charge in [0, 0.05) is 28.3 Å². The van der Waals surface area contributed by atoms with E-state index in [0.717, 1.165) is 22.0 Å². The lowest BCUT2D eigenvalue weighted by molar-refractivity contribution is -0.170. The first kappa shape index (κ1) is 25.4. The molecule has 5 aliphatic rings. The average molecular weight is 540 g/mol. The number of aromatic nitrogens is 2. The van der Waals surface area contributed by atoms with Gasteiger partial charge in [-0.05, 0) is 86.7 Å². The molecule has 7 atom stereocenters. The van der Waals surface area contributed by atoms with Crippen molar-refractivity contribution in [2.45, 2.75) is 74.7 Å². The summed E-state index contributed by atoms with van der Waals surface area (Å²) in [5, 5.41) is 31.0. The van der Waals surface area contributed by atoms with E-state index >= 15 is 0 Å². The van der Waals surface area contributed by atoms with Crippen LogP contribution in [0, 0.1) is 11.3 Å². The topological polar surface area (TPSA) is 78.7 Å². The van der Waals surface area contributed by atoms with E-state index in [-0.39, 0.29) is 24.0 Å². The molecular weight excluding hydrogens is 507 g/mol. The SMILES string of the molecule is CN(C)C1CC23CCC4(O2)C(=C(C(F)(F)F)CC2(C)C(c5ccc6nnccc6c5)=CCC24)C=C3C(O)C1O. The van der Waals surface area contributed by atoms with E-state index < -0.39 is 40.6 Å². The molecule has 2 spiro atoms. The number of ether oxygens (including phenoxy) is 1. The minimum Gasteiger partial charge on any atom is -0.388 e. The van der Waals surface area contributed by atoms with E-state index in [1.165, 1.54) is 0 Å². The van der Waals surface area contributed by atoms with Gasteiger partial charge in [0.15, 0.2) is 0 Å². The molecule has 9 heteroatoms. The fourth-order valence-electron chi connectivity index (χ4n) is 8.53. The van der Waals surface area contributed by atoms with Crippen molar-refractivity contribution < 1.29 is 28.1 Å². The zero-order chi connectivity index (χ0) is 27.5. The van der Waals surface area contributed by atoms with Gasteiger partial charge in [-0.2, -0.15) is 23.4 Å². The molecule has 3 aliphatic carbocycles. The van der Waals surface area contributed by atoms with E-state index in [1.54, 1.807) is 12.3 Å². The van der Waals surface area contributed by atoms with Crippen LogP contribution in [0.15, 0.2) is 59.3 Å². The van der Waals surface area contributed by atoms with Crippen molar-refractivity contribution in [2.24, 2.45) is 11.3 Å². The first-order valence-corrected chi connectivity index (χ1v) is 13.6. The molecule has 2 aliphatic heterocycles. The van der Waals surface area contributed by atoms with Crippen molar-refractivity contribution in [1.82, 2.24) is 15.1 Å². The summed E-state index contributed by atoms with van der Waals surface area (Å²) in [4.78, 5) is 1.87. The highest BCUT2D eigenvalue weighted by atomic mass is 19.4.